The number of nitrogens with one attached hydrogen (secondary N) is 1. The Hall–Kier alpha value is -1.38. The van der Waals surface area contributed by atoms with Crippen LogP contribution in [0.2, 0.25) is 0 Å². The molecule has 0 aliphatic carbocycles. The molecule has 2 fully saturated rings. The molecule has 0 radical (unpaired) electrons. The number of ether oxygens (including phenoxy) is 4. The van der Waals surface area contributed by atoms with Gasteiger partial charge >= 0.3 is 0 Å². The molecule has 12 heteroatoms. The van der Waals surface area contributed by atoms with Crippen molar-refractivity contribution in [2.75, 3.05) is 13.2 Å². The van der Waals surface area contributed by atoms with Gasteiger partial charge in [-0.1, -0.05) is 0 Å². The van der Waals surface area contributed by atoms with Crippen molar-refractivity contribution in [3.8, 4) is 0 Å². The normalized spacial score (nSPS) is 46.6. The number of rotatable bonds is 5. The van der Waals surface area contributed by atoms with E-state index in [-0.39, 0.29) is 0 Å². The van der Waals surface area contributed by atoms with Crippen LogP contribution in [0.4, 0.5) is 0 Å². The van der Waals surface area contributed by atoms with E-state index in [2.05, 4.69) is 10.3 Å². The molecule has 1 amide bonds. The van der Waals surface area contributed by atoms with E-state index in [9.17, 15) is 30.3 Å². The predicted molar refractivity (Wildman–Crippen MR) is 85.4 cm³/mol. The Morgan fingerprint density at radius 3 is 2.44 bits per heavy atom. The van der Waals surface area contributed by atoms with Crippen molar-refractivity contribution in [3.05, 3.63) is 0 Å². The number of nitrogens with zero attached hydrogens (tertiary/aromatic N) is 1. The first-order chi connectivity index (χ1) is 12.9. The summed E-state index contributed by atoms with van der Waals surface area (Å²) in [5.41, 5.74) is 0. The van der Waals surface area contributed by atoms with Gasteiger partial charge in [0.15, 0.2) is 12.7 Å². The maximum atomic E-state index is 11.5. The van der Waals surface area contributed by atoms with Gasteiger partial charge in [0.1, 0.15) is 48.7 Å². The minimum atomic E-state index is -1.50. The number of hydrogen-bond acceptors (Lipinski definition) is 11. The van der Waals surface area contributed by atoms with Crippen molar-refractivity contribution in [2.24, 2.45) is 4.99 Å². The quantitative estimate of drug-likeness (QED) is 0.269. The highest BCUT2D eigenvalue weighted by Crippen LogP contribution is 2.31. The largest absolute Gasteiger partial charge is 0.452 e. The molecule has 0 aromatic rings. The molecule has 0 saturated carbocycles. The number of aliphatic imine (C=N–C) groups is 1. The lowest BCUT2D eigenvalue weighted by atomic mass is 9.95. The van der Waals surface area contributed by atoms with Crippen LogP contribution in [0.15, 0.2) is 4.99 Å². The third kappa shape index (κ3) is 3.93. The van der Waals surface area contributed by atoms with Crippen LogP contribution in [0.25, 0.3) is 0 Å². The second kappa shape index (κ2) is 8.32. The zero-order valence-electron chi connectivity index (χ0n) is 14.5. The first-order valence-corrected chi connectivity index (χ1v) is 8.54. The highest BCUT2D eigenvalue weighted by molar-refractivity contribution is 5.73. The Morgan fingerprint density at radius 1 is 1.11 bits per heavy atom. The van der Waals surface area contributed by atoms with Gasteiger partial charge in [0.2, 0.25) is 12.2 Å². The van der Waals surface area contributed by atoms with Crippen molar-refractivity contribution in [1.29, 1.82) is 0 Å². The van der Waals surface area contributed by atoms with Crippen LogP contribution in [0.1, 0.15) is 6.92 Å². The number of hydrogen-bond donors (Lipinski definition) is 6. The van der Waals surface area contributed by atoms with E-state index in [0.717, 1.165) is 6.40 Å². The average molecular weight is 392 g/mol. The topological polar surface area (TPSA) is 180 Å². The number of aliphatic hydroxyl groups excluding tert-OH is 5. The molecule has 0 spiro atoms. The van der Waals surface area contributed by atoms with E-state index < -0.39 is 80.4 Å². The number of carbonyl (C=O) groups excluding carboxylic acids is 1. The molecule has 6 N–H and O–H groups in total. The first kappa shape index (κ1) is 20.4. The molecular formula is C15H24N2O10. The van der Waals surface area contributed by atoms with Gasteiger partial charge in [-0.25, -0.2) is 4.99 Å². The lowest BCUT2D eigenvalue weighted by Crippen LogP contribution is -2.67. The Bertz CT molecular complexity index is 563. The van der Waals surface area contributed by atoms with Crippen molar-refractivity contribution >= 4 is 12.3 Å². The van der Waals surface area contributed by atoms with E-state index in [4.69, 9.17) is 18.9 Å². The van der Waals surface area contributed by atoms with Gasteiger partial charge in [0, 0.05) is 6.92 Å². The maximum Gasteiger partial charge on any atom is 0.226 e. The summed E-state index contributed by atoms with van der Waals surface area (Å²) in [6, 6.07) is -1.97. The summed E-state index contributed by atoms with van der Waals surface area (Å²) < 4.78 is 21.8. The average Bonchev–Trinajstić information content (AvgIpc) is 3.11. The highest BCUT2D eigenvalue weighted by atomic mass is 16.7. The van der Waals surface area contributed by atoms with Crippen LogP contribution >= 0.6 is 0 Å². The van der Waals surface area contributed by atoms with E-state index in [1.54, 1.807) is 0 Å². The van der Waals surface area contributed by atoms with Crippen LogP contribution < -0.4 is 5.32 Å². The molecule has 3 heterocycles. The van der Waals surface area contributed by atoms with Crippen LogP contribution in [0.5, 0.6) is 0 Å². The summed E-state index contributed by atoms with van der Waals surface area (Å²) in [5.74, 6) is -0.515. The fraction of sp³-hybridized carbons (Fsp3) is 0.867. The summed E-state index contributed by atoms with van der Waals surface area (Å²) in [6.45, 7) is 0.0832. The summed E-state index contributed by atoms with van der Waals surface area (Å²) >= 11 is 0. The van der Waals surface area contributed by atoms with Gasteiger partial charge in [-0.15, -0.1) is 0 Å². The Morgan fingerprint density at radius 2 is 1.81 bits per heavy atom. The molecule has 154 valence electrons. The fourth-order valence-corrected chi connectivity index (χ4v) is 3.40. The van der Waals surface area contributed by atoms with Crippen molar-refractivity contribution < 1.29 is 49.3 Å². The smallest absolute Gasteiger partial charge is 0.226 e. The molecule has 2 unspecified atom stereocenters. The van der Waals surface area contributed by atoms with E-state index in [1.165, 1.54) is 6.92 Å². The maximum absolute atomic E-state index is 11.5. The molecule has 3 rings (SSSR count). The van der Waals surface area contributed by atoms with E-state index in [0.29, 0.717) is 0 Å². The second-order valence-electron chi connectivity index (χ2n) is 6.63. The zero-order chi connectivity index (χ0) is 19.7. The monoisotopic (exact) mass is 392 g/mol. The van der Waals surface area contributed by atoms with Crippen molar-refractivity contribution in [2.45, 2.75) is 68.2 Å². The molecule has 12 nitrogen and oxygen atoms in total. The molecular weight excluding hydrogens is 368 g/mol. The number of carbonyl (C=O) groups is 1. The number of aliphatic hydroxyl groups is 5. The van der Waals surface area contributed by atoms with Crippen LogP contribution in [0.3, 0.4) is 0 Å². The van der Waals surface area contributed by atoms with Crippen molar-refractivity contribution in [1.82, 2.24) is 5.32 Å². The Kier molecular flexibility index (Phi) is 6.28. The Balaban J connectivity index is 1.80. The van der Waals surface area contributed by atoms with E-state index in [1.807, 2.05) is 0 Å². The number of fused-ring (bicyclic) bond motifs is 1. The number of amides is 1. The third-order valence-corrected chi connectivity index (χ3v) is 4.79. The zero-order valence-corrected chi connectivity index (χ0v) is 14.5. The van der Waals surface area contributed by atoms with Crippen LogP contribution in [-0.2, 0) is 23.7 Å². The molecule has 0 aromatic carbocycles. The van der Waals surface area contributed by atoms with Gasteiger partial charge in [0.05, 0.1) is 13.2 Å². The summed E-state index contributed by atoms with van der Waals surface area (Å²) in [4.78, 5) is 15.4. The van der Waals surface area contributed by atoms with Gasteiger partial charge in [0.25, 0.3) is 0 Å². The fourth-order valence-electron chi connectivity index (χ4n) is 3.40. The summed E-state index contributed by atoms with van der Waals surface area (Å²) in [7, 11) is 0. The highest BCUT2D eigenvalue weighted by Gasteiger charge is 2.52. The molecule has 10 atom stereocenters. The van der Waals surface area contributed by atoms with Gasteiger partial charge in [-0.3, -0.25) is 4.79 Å². The van der Waals surface area contributed by atoms with Gasteiger partial charge in [-0.05, 0) is 0 Å². The van der Waals surface area contributed by atoms with Crippen molar-refractivity contribution in [3.63, 3.8) is 0 Å². The standard InChI is InChI=1S/C15H24N2O10/c1-5(20)17-9-11(22)10(21)6(2-18)25-15(9)27-13-7(3-19)26-14-8(12(13)23)16-4-24-14/h4,6-15,18-19,21-23H,2-3H2,1H3,(H,17,20)/t6-,7-,8?,9-,10-,11-,12-,13-,14?,15+/m1/s1. The minimum Gasteiger partial charge on any atom is -0.452 e. The van der Waals surface area contributed by atoms with Crippen LogP contribution in [-0.4, -0.2) is 112 Å². The molecule has 27 heavy (non-hydrogen) atoms. The van der Waals surface area contributed by atoms with Gasteiger partial charge < -0.3 is 49.8 Å². The lowest BCUT2D eigenvalue weighted by molar-refractivity contribution is -0.322. The second-order valence-corrected chi connectivity index (χ2v) is 6.63. The van der Waals surface area contributed by atoms with Crippen LogP contribution in [0, 0.1) is 0 Å². The van der Waals surface area contributed by atoms with E-state index >= 15 is 0 Å². The molecule has 0 aromatic heterocycles. The summed E-state index contributed by atoms with van der Waals surface area (Å²) in [5, 5.41) is 52.3. The lowest BCUT2D eigenvalue weighted by Gasteiger charge is -2.46. The molecule has 3 aliphatic heterocycles. The first-order valence-electron chi connectivity index (χ1n) is 8.54. The molecule has 2 saturated heterocycles. The summed E-state index contributed by atoms with van der Waals surface area (Å²) in [6.07, 6.45) is -8.60. The minimum absolute atomic E-state index is 0.513. The third-order valence-electron chi connectivity index (χ3n) is 4.79. The van der Waals surface area contributed by atoms with Gasteiger partial charge in [-0.2, -0.15) is 0 Å². The SMILES string of the molecule is CC(=O)N[C@H]1[C@H](O[C@H]2[C@H](O)C3N=COC3O[C@@H]2CO)O[C@H](CO)[C@@H](O)[C@@H]1O. The molecule has 0 bridgehead atoms. The Labute approximate surface area is 154 Å². The molecule has 3 aliphatic rings. The predicted octanol–water partition coefficient (Wildman–Crippen LogP) is -4.18.